The molecule has 0 spiro atoms. The second kappa shape index (κ2) is 11.9. The molecule has 0 aliphatic carbocycles. The minimum Gasteiger partial charge on any atom is -0.480 e. The summed E-state index contributed by atoms with van der Waals surface area (Å²) in [5.41, 5.74) is 10.9. The maximum atomic E-state index is 13.2. The summed E-state index contributed by atoms with van der Waals surface area (Å²) in [5.74, 6) is -2.59. The van der Waals surface area contributed by atoms with Gasteiger partial charge in [0.2, 0.25) is 5.91 Å². The van der Waals surface area contributed by atoms with Gasteiger partial charge in [-0.15, -0.1) is 0 Å². The Hall–Kier alpha value is -4.36. The molecule has 0 aliphatic rings. The van der Waals surface area contributed by atoms with Gasteiger partial charge < -0.3 is 31.6 Å². The molecule has 1 heterocycles. The number of hydrogen-bond acceptors (Lipinski definition) is 7. The van der Waals surface area contributed by atoms with E-state index in [-0.39, 0.29) is 36.8 Å². The number of amides is 2. The van der Waals surface area contributed by atoms with Crippen molar-refractivity contribution in [3.63, 3.8) is 0 Å². The lowest BCUT2D eigenvalue weighted by molar-refractivity contribution is -0.641. The van der Waals surface area contributed by atoms with Crippen molar-refractivity contribution in [2.75, 3.05) is 6.54 Å². The zero-order chi connectivity index (χ0) is 27.0. The molecule has 1 aromatic carbocycles. The van der Waals surface area contributed by atoms with Gasteiger partial charge in [0, 0.05) is 30.1 Å². The Labute approximate surface area is 206 Å². The van der Waals surface area contributed by atoms with Crippen LogP contribution >= 0.6 is 0 Å². The minimum atomic E-state index is -1.69. The number of nitrogens with zero attached hydrogens (tertiary/aromatic N) is 3. The largest absolute Gasteiger partial charge is 0.480 e. The summed E-state index contributed by atoms with van der Waals surface area (Å²) in [4.78, 5) is 56.3. The van der Waals surface area contributed by atoms with E-state index in [0.717, 1.165) is 10.9 Å². The van der Waals surface area contributed by atoms with E-state index in [1.54, 1.807) is 18.3 Å². The number of carbonyl (C=O) groups is 3. The van der Waals surface area contributed by atoms with Crippen LogP contribution in [0, 0.1) is 10.1 Å². The molecule has 2 aromatic rings. The highest BCUT2D eigenvalue weighted by Crippen LogP contribution is 2.20. The molecule has 7 N–H and O–H groups in total. The van der Waals surface area contributed by atoms with Gasteiger partial charge >= 0.3 is 12.1 Å². The number of aliphatic carboxylic acids is 1. The molecule has 2 amide bonds. The molecule has 1 aromatic heterocycles. The van der Waals surface area contributed by atoms with Crippen LogP contribution in [0.3, 0.4) is 0 Å². The third kappa shape index (κ3) is 7.85. The highest BCUT2D eigenvalue weighted by molar-refractivity contribution is 5.90. The number of nitrogens with two attached hydrogens (primary N) is 2. The Kier molecular flexibility index (Phi) is 9.19. The van der Waals surface area contributed by atoms with Gasteiger partial charge in [-0.1, -0.05) is 18.2 Å². The van der Waals surface area contributed by atoms with Crippen LogP contribution in [0.1, 0.15) is 39.2 Å². The number of aliphatic imine (C=N–C) groups is 1. The molecular formula is C22H31N7O7. The number of H-pyrrole nitrogens is 1. The fraction of sp³-hybridized carbons (Fsp3) is 0.455. The van der Waals surface area contributed by atoms with Crippen LogP contribution in [0.4, 0.5) is 4.79 Å². The van der Waals surface area contributed by atoms with Crippen LogP contribution in [0.2, 0.25) is 0 Å². The van der Waals surface area contributed by atoms with Gasteiger partial charge in [-0.3, -0.25) is 9.79 Å². The van der Waals surface area contributed by atoms with Gasteiger partial charge in [-0.25, -0.2) is 19.7 Å². The average molecular weight is 506 g/mol. The lowest BCUT2D eigenvalue weighted by Gasteiger charge is -2.26. The Morgan fingerprint density at radius 1 is 1.28 bits per heavy atom. The molecule has 0 unspecified atom stereocenters. The average Bonchev–Trinajstić information content (AvgIpc) is 3.16. The number of carboxylic acids is 1. The van der Waals surface area contributed by atoms with Gasteiger partial charge in [-0.05, 0) is 50.3 Å². The molecule has 0 bridgehead atoms. The van der Waals surface area contributed by atoms with E-state index in [2.05, 4.69) is 15.3 Å². The number of rotatable bonds is 11. The molecule has 2 atom stereocenters. The molecule has 0 saturated heterocycles. The molecule has 0 fully saturated rings. The molecule has 196 valence electrons. The molecule has 14 heteroatoms. The summed E-state index contributed by atoms with van der Waals surface area (Å²) >= 11 is 0. The van der Waals surface area contributed by atoms with Crippen LogP contribution in [0.5, 0.6) is 0 Å². The summed E-state index contributed by atoms with van der Waals surface area (Å²) < 4.78 is 5.10. The summed E-state index contributed by atoms with van der Waals surface area (Å²) in [6.07, 6.45) is 0.0178. The number of hydrogen-bond donors (Lipinski definition) is 5. The lowest BCUT2D eigenvalue weighted by Crippen LogP contribution is -2.56. The van der Waals surface area contributed by atoms with E-state index in [9.17, 15) is 29.6 Å². The van der Waals surface area contributed by atoms with Crippen LogP contribution in [0.25, 0.3) is 10.9 Å². The van der Waals surface area contributed by atoms with Gasteiger partial charge in [0.1, 0.15) is 11.6 Å². The number of nitrogens with one attached hydrogen (secondary N) is 2. The first-order valence-corrected chi connectivity index (χ1v) is 11.1. The third-order valence-corrected chi connectivity index (χ3v) is 5.00. The van der Waals surface area contributed by atoms with Gasteiger partial charge in [0.15, 0.2) is 17.0 Å². The molecule has 2 rings (SSSR count). The van der Waals surface area contributed by atoms with E-state index >= 15 is 0 Å². The third-order valence-electron chi connectivity index (χ3n) is 5.00. The molecular weight excluding hydrogens is 474 g/mol. The number of fused-ring (bicyclic) bond motifs is 1. The van der Waals surface area contributed by atoms with Crippen molar-refractivity contribution < 1.29 is 29.3 Å². The number of para-hydroxylation sites is 1. The highest BCUT2D eigenvalue weighted by Gasteiger charge is 2.42. The zero-order valence-corrected chi connectivity index (χ0v) is 20.3. The maximum absolute atomic E-state index is 13.2. The predicted molar refractivity (Wildman–Crippen MR) is 130 cm³/mol. The number of aromatic amines is 1. The smallest absolute Gasteiger partial charge is 0.469 e. The summed E-state index contributed by atoms with van der Waals surface area (Å²) in [6, 6.07) is 4.10. The standard InChI is InChI=1S/C22H31N7O7/c1-22(2,3)36-21(33)28(29(34)35)17(9-6-10-25-20(23)24)18(30)27-16(19(31)32)11-13-12-26-15-8-5-4-7-14(13)15/h4-5,7-8,12,16-17,26H,6,9-11H2,1-3H3,(H,27,30)(H,31,32)(H4,23,24,25)/t16-,17-/m0/s1. The van der Waals surface area contributed by atoms with Crippen molar-refractivity contribution in [2.24, 2.45) is 16.5 Å². The molecule has 36 heavy (non-hydrogen) atoms. The molecule has 0 aliphatic heterocycles. The number of guanidine groups is 1. The van der Waals surface area contributed by atoms with Gasteiger partial charge in [0.25, 0.3) is 0 Å². The number of aromatic nitrogens is 1. The number of carbonyl (C=O) groups excluding carboxylic acids is 2. The fourth-order valence-electron chi connectivity index (χ4n) is 3.46. The number of ether oxygens (including phenoxy) is 1. The minimum absolute atomic E-state index is 0.0314. The lowest BCUT2D eigenvalue weighted by atomic mass is 10.0. The second-order valence-corrected chi connectivity index (χ2v) is 8.99. The topological polar surface area (TPSA) is 219 Å². The van der Waals surface area contributed by atoms with E-state index in [1.807, 2.05) is 12.1 Å². The fourth-order valence-corrected chi connectivity index (χ4v) is 3.46. The Morgan fingerprint density at radius 3 is 2.53 bits per heavy atom. The molecule has 14 nitrogen and oxygen atoms in total. The van der Waals surface area contributed by atoms with Crippen LogP contribution in [-0.2, 0) is 20.7 Å². The van der Waals surface area contributed by atoms with E-state index < -0.39 is 40.7 Å². The van der Waals surface area contributed by atoms with Crippen molar-refractivity contribution in [1.82, 2.24) is 15.3 Å². The van der Waals surface area contributed by atoms with Crippen molar-refractivity contribution in [1.29, 1.82) is 0 Å². The van der Waals surface area contributed by atoms with Crippen molar-refractivity contribution in [3.8, 4) is 0 Å². The van der Waals surface area contributed by atoms with Crippen LogP contribution in [0.15, 0.2) is 35.5 Å². The highest BCUT2D eigenvalue weighted by atomic mass is 16.7. The number of nitro groups is 1. The predicted octanol–water partition coefficient (Wildman–Crippen LogP) is 1.13. The Bertz CT molecular complexity index is 1140. The summed E-state index contributed by atoms with van der Waals surface area (Å²) in [7, 11) is 0. The van der Waals surface area contributed by atoms with Gasteiger partial charge in [0.05, 0.1) is 0 Å². The van der Waals surface area contributed by atoms with E-state index in [0.29, 0.717) is 5.56 Å². The monoisotopic (exact) mass is 505 g/mol. The van der Waals surface area contributed by atoms with E-state index in [4.69, 9.17) is 16.2 Å². The van der Waals surface area contributed by atoms with Crippen molar-refractivity contribution in [2.45, 2.75) is 57.7 Å². The van der Waals surface area contributed by atoms with Crippen LogP contribution in [-0.4, -0.2) is 68.3 Å². The van der Waals surface area contributed by atoms with Crippen molar-refractivity contribution >= 4 is 34.8 Å². The molecule has 0 saturated carbocycles. The normalized spacial score (nSPS) is 12.9. The molecule has 0 radical (unpaired) electrons. The first kappa shape index (κ1) is 27.9. The number of hydrazine groups is 1. The number of benzene rings is 1. The summed E-state index contributed by atoms with van der Waals surface area (Å²) in [6.45, 7) is 4.57. The first-order valence-electron chi connectivity index (χ1n) is 11.1. The Morgan fingerprint density at radius 2 is 1.94 bits per heavy atom. The quantitative estimate of drug-likeness (QED) is 0.0969. The SMILES string of the molecule is CC(C)(C)OC(=O)N([C@@H](CCCN=C(N)N)C(=O)N[C@@H](Cc1c[nH]c2ccccc12)C(=O)O)[N+](=O)[O-]. The maximum Gasteiger partial charge on any atom is 0.469 e. The van der Waals surface area contributed by atoms with Gasteiger partial charge in [-0.2, -0.15) is 0 Å². The Balaban J connectivity index is 2.31. The first-order chi connectivity index (χ1) is 16.8. The number of carboxylic acid groups (broad SMARTS) is 1. The summed E-state index contributed by atoms with van der Waals surface area (Å²) in [5, 5.41) is 23.6. The van der Waals surface area contributed by atoms with Crippen LogP contribution < -0.4 is 16.8 Å². The van der Waals surface area contributed by atoms with E-state index in [1.165, 1.54) is 20.8 Å². The second-order valence-electron chi connectivity index (χ2n) is 8.99. The zero-order valence-electron chi connectivity index (χ0n) is 20.3. The van der Waals surface area contributed by atoms with Crippen molar-refractivity contribution in [3.05, 3.63) is 46.1 Å².